The number of morpholine rings is 1. The number of hydrogen-bond acceptors (Lipinski definition) is 13. The molecule has 25 nitrogen and oxygen atoms in total. The molecule has 2 bridgehead atoms. The highest BCUT2D eigenvalue weighted by molar-refractivity contribution is 6.31. The predicted octanol–water partition coefficient (Wildman–Crippen LogP) is 4.77. The van der Waals surface area contributed by atoms with Crippen LogP contribution in [0, 0.1) is 17.8 Å². The summed E-state index contributed by atoms with van der Waals surface area (Å²) in [4.78, 5) is 191. The SMILES string of the molecule is CC[C@H](C)[C@@H]1NC(=O)[C@H](CC)N(C)C(=O)C[C@@H](C(=O)N2C3CCC2COC3)N(C)C(=O)[C@H](C2CCCCC2)N(C)C(=O)C2(CCCC2)NC(=O)[C@@H]2CCCN2C(=O)[C@H](CCc2ccc(C(F)(F)F)c(Cl)c2)NC(=O)CN(C)C(=O)[C@H](CC2CCCC2)N(C)C(=O)CN(C)C(=O)CN(C)C1=O. The summed E-state index contributed by atoms with van der Waals surface area (Å²) < 4.78 is 47.5. The Morgan fingerprint density at radius 1 is 0.650 bits per heavy atom. The van der Waals surface area contributed by atoms with Crippen LogP contribution in [0.1, 0.15) is 173 Å². The minimum absolute atomic E-state index is 0.0287. The maximum Gasteiger partial charge on any atom is 0.417 e. The van der Waals surface area contributed by atoms with E-state index in [1.54, 1.807) is 18.7 Å². The molecule has 4 heterocycles. The molecule has 2 unspecified atom stereocenters. The number of fused-ring (bicyclic) bond motifs is 3. The normalized spacial score (nSPS) is 28.7. The molecule has 4 aliphatic heterocycles. The second-order valence-electron chi connectivity index (χ2n) is 29.4. The van der Waals surface area contributed by atoms with Gasteiger partial charge >= 0.3 is 6.18 Å². The lowest BCUT2D eigenvalue weighted by atomic mass is 9.81. The van der Waals surface area contributed by atoms with Gasteiger partial charge in [-0.1, -0.05) is 103 Å². The van der Waals surface area contributed by atoms with Gasteiger partial charge in [0.05, 0.1) is 61.9 Å². The van der Waals surface area contributed by atoms with Crippen molar-refractivity contribution in [2.75, 3.05) is 88.7 Å². The standard InChI is InChI=1S/C71H106ClF3N12O13/c1-11-43(3)60-67(97)81(6)39-58(90)79(4)40-59(91)83(8)54(36-44-21-16-17-22-44)65(95)80(5)38-56(88)76-51(31-27-45-26-30-49(50(72)35-45)71(73,74)75)64(94)86-34-20-25-53(86)63(93)78-70(32-18-19-33-70)69(99)85(10)61(46-23-14-13-15-24-46)68(98)84(9)55(37-57(89)82(7)52(12-2)62(92)77-60)66(96)87-47-28-29-48(87)42-100-41-47/h26,30,35,43-44,46-48,51-55,60-61H,11-25,27-29,31-34,36-42H2,1-10H3,(H,76,88)(H,77,92)(H,78,93)/t43-,47?,48?,51-,52-,53-,54-,55-,60-,61-/m0/s1. The molecule has 1 spiro atoms. The van der Waals surface area contributed by atoms with Crippen LogP contribution in [0.3, 0.4) is 0 Å². The number of halogens is 4. The molecule has 1 aromatic rings. The van der Waals surface area contributed by atoms with Crippen LogP contribution in [0.15, 0.2) is 18.2 Å². The molecule has 0 aromatic heterocycles. The number of likely N-dealkylation sites (N-methyl/N-ethyl adjacent to an activating group) is 7. The lowest BCUT2D eigenvalue weighted by Crippen LogP contribution is -2.65. The molecular formula is C71H106ClF3N12O13. The number of aryl methyl sites for hydroxylation is 1. The average molecular weight is 1430 g/mol. The molecule has 4 saturated heterocycles. The first-order chi connectivity index (χ1) is 47.3. The highest BCUT2D eigenvalue weighted by Crippen LogP contribution is 2.39. The van der Waals surface area contributed by atoms with E-state index in [1.807, 2.05) is 6.92 Å². The Labute approximate surface area is 590 Å². The molecule has 3 aliphatic carbocycles. The monoisotopic (exact) mass is 1430 g/mol. The van der Waals surface area contributed by atoms with Crippen LogP contribution in [0.4, 0.5) is 13.2 Å². The van der Waals surface area contributed by atoms with Crippen molar-refractivity contribution in [3.8, 4) is 0 Å². The third-order valence-corrected chi connectivity index (χ3v) is 22.9. The summed E-state index contributed by atoms with van der Waals surface area (Å²) in [5.41, 5.74) is -2.35. The van der Waals surface area contributed by atoms with E-state index >= 15 is 28.8 Å². The number of benzene rings is 1. The van der Waals surface area contributed by atoms with Crippen molar-refractivity contribution in [3.05, 3.63) is 34.3 Å². The van der Waals surface area contributed by atoms with Crippen LogP contribution in [0.2, 0.25) is 5.02 Å². The Morgan fingerprint density at radius 3 is 1.87 bits per heavy atom. The van der Waals surface area contributed by atoms with Gasteiger partial charge in [0.15, 0.2) is 0 Å². The second kappa shape index (κ2) is 34.2. The lowest BCUT2D eigenvalue weighted by Gasteiger charge is -2.44. The number of ether oxygens (including phenoxy) is 1. The van der Waals surface area contributed by atoms with E-state index in [2.05, 4.69) is 16.0 Å². The van der Waals surface area contributed by atoms with Gasteiger partial charge in [0.25, 0.3) is 0 Å². The molecular weight excluding hydrogens is 1320 g/mol. The van der Waals surface area contributed by atoms with Gasteiger partial charge in [-0.3, -0.25) is 57.5 Å². The number of hydrogen-bond donors (Lipinski definition) is 3. The zero-order valence-corrected chi connectivity index (χ0v) is 60.8. The number of rotatable bonds is 10. The average Bonchev–Trinajstić information content (AvgIpc) is 1.74. The molecule has 8 rings (SSSR count). The minimum atomic E-state index is -4.76. The molecule has 29 heteroatoms. The van der Waals surface area contributed by atoms with E-state index in [4.69, 9.17) is 16.3 Å². The van der Waals surface area contributed by atoms with Crippen LogP contribution in [0.5, 0.6) is 0 Å². The lowest BCUT2D eigenvalue weighted by molar-refractivity contribution is -0.159. The fourth-order valence-corrected chi connectivity index (χ4v) is 16.6. The highest BCUT2D eigenvalue weighted by atomic mass is 35.5. The summed E-state index contributed by atoms with van der Waals surface area (Å²) in [6.45, 7) is 4.11. The fourth-order valence-electron chi connectivity index (χ4n) is 16.3. The third kappa shape index (κ3) is 18.2. The van der Waals surface area contributed by atoms with Crippen LogP contribution >= 0.6 is 11.6 Å². The van der Waals surface area contributed by atoms with Crippen LogP contribution in [-0.4, -0.2) is 264 Å². The van der Waals surface area contributed by atoms with Crippen molar-refractivity contribution in [1.29, 1.82) is 0 Å². The molecule has 7 aliphatic rings. The Kier molecular flexibility index (Phi) is 26.9. The molecule has 100 heavy (non-hydrogen) atoms. The zero-order chi connectivity index (χ0) is 73.2. The highest BCUT2D eigenvalue weighted by Gasteiger charge is 2.53. The molecule has 3 N–H and O–H groups in total. The summed E-state index contributed by atoms with van der Waals surface area (Å²) in [5, 5.41) is 8.13. The van der Waals surface area contributed by atoms with Crippen molar-refractivity contribution in [2.24, 2.45) is 17.8 Å². The van der Waals surface area contributed by atoms with Gasteiger partial charge in [0.1, 0.15) is 47.8 Å². The van der Waals surface area contributed by atoms with E-state index < -0.39 is 173 Å². The molecule has 556 valence electrons. The van der Waals surface area contributed by atoms with Gasteiger partial charge < -0.3 is 64.8 Å². The van der Waals surface area contributed by atoms with Crippen molar-refractivity contribution >= 4 is 82.5 Å². The maximum absolute atomic E-state index is 15.9. The number of nitrogens with zero attached hydrogens (tertiary/aromatic N) is 9. The van der Waals surface area contributed by atoms with Crippen LogP contribution in [0.25, 0.3) is 0 Å². The molecule has 7 fully saturated rings. The summed E-state index contributed by atoms with van der Waals surface area (Å²) >= 11 is 6.16. The number of alkyl halides is 3. The van der Waals surface area contributed by atoms with Gasteiger partial charge in [-0.2, -0.15) is 13.2 Å². The van der Waals surface area contributed by atoms with E-state index in [1.165, 1.54) is 79.9 Å². The number of nitrogens with one attached hydrogen (secondary N) is 3. The number of carbonyl (C=O) groups is 12. The van der Waals surface area contributed by atoms with E-state index in [-0.39, 0.29) is 82.7 Å². The van der Waals surface area contributed by atoms with E-state index in [0.29, 0.717) is 56.9 Å². The first kappa shape index (κ1) is 78.6. The number of carbonyl (C=O) groups excluding carboxylic acids is 12. The van der Waals surface area contributed by atoms with Gasteiger partial charge in [0, 0.05) is 55.9 Å². The summed E-state index contributed by atoms with van der Waals surface area (Å²) in [7, 11) is 9.94. The summed E-state index contributed by atoms with van der Waals surface area (Å²) in [5.74, 6) is -8.66. The molecule has 10 atom stereocenters. The van der Waals surface area contributed by atoms with Crippen LogP contribution in [-0.2, 0) is 74.9 Å². The van der Waals surface area contributed by atoms with Gasteiger partial charge in [0.2, 0.25) is 70.9 Å². The van der Waals surface area contributed by atoms with Gasteiger partial charge in [-0.25, -0.2) is 0 Å². The predicted molar refractivity (Wildman–Crippen MR) is 364 cm³/mol. The Hall–Kier alpha value is -7.10. The minimum Gasteiger partial charge on any atom is -0.377 e. The largest absolute Gasteiger partial charge is 0.417 e. The van der Waals surface area contributed by atoms with Crippen molar-refractivity contribution in [1.82, 2.24) is 60.0 Å². The Balaban J connectivity index is 1.16. The first-order valence-corrected chi connectivity index (χ1v) is 36.5. The van der Waals surface area contributed by atoms with Crippen molar-refractivity contribution in [3.63, 3.8) is 0 Å². The topological polar surface area (TPSA) is 279 Å². The Morgan fingerprint density at radius 2 is 1.26 bits per heavy atom. The molecule has 12 amide bonds. The molecule has 0 radical (unpaired) electrons. The van der Waals surface area contributed by atoms with Gasteiger partial charge in [-0.05, 0) is 112 Å². The van der Waals surface area contributed by atoms with Gasteiger partial charge in [-0.15, -0.1) is 0 Å². The maximum atomic E-state index is 15.9. The van der Waals surface area contributed by atoms with Crippen molar-refractivity contribution in [2.45, 2.75) is 235 Å². The quantitative estimate of drug-likeness (QED) is 0.285. The zero-order valence-electron chi connectivity index (χ0n) is 60.0. The van der Waals surface area contributed by atoms with E-state index in [0.717, 1.165) is 71.8 Å². The summed E-state index contributed by atoms with van der Waals surface area (Å²) in [6.07, 6.45) is 4.93. The van der Waals surface area contributed by atoms with E-state index in [9.17, 15) is 41.9 Å². The number of amides is 12. The summed E-state index contributed by atoms with van der Waals surface area (Å²) in [6, 6.07) is -6.28. The smallest absolute Gasteiger partial charge is 0.377 e. The van der Waals surface area contributed by atoms with Crippen molar-refractivity contribution < 1.29 is 75.4 Å². The first-order valence-electron chi connectivity index (χ1n) is 36.1. The third-order valence-electron chi connectivity index (χ3n) is 22.6. The fraction of sp³-hybridized carbons (Fsp3) is 0.746. The van der Waals surface area contributed by atoms with Crippen LogP contribution < -0.4 is 16.0 Å². The molecule has 1 aromatic carbocycles. The molecule has 3 saturated carbocycles. The Bertz CT molecular complexity index is 3160. The second-order valence-corrected chi connectivity index (χ2v) is 29.8.